The molecule has 1 heterocycles. The average Bonchev–Trinajstić information content (AvgIpc) is 2.26. The van der Waals surface area contributed by atoms with Gasteiger partial charge in [0, 0.05) is 32.2 Å². The van der Waals surface area contributed by atoms with Crippen molar-refractivity contribution in [3.05, 3.63) is 0 Å². The fraction of sp³-hybridized carbons (Fsp3) is 0.846. The zero-order valence-corrected chi connectivity index (χ0v) is 12.5. The molecule has 0 aromatic heterocycles. The first-order valence-corrected chi connectivity index (χ1v) is 6.77. The monoisotopic (exact) mass is 271 g/mol. The Morgan fingerprint density at radius 1 is 1.32 bits per heavy atom. The molecule has 1 N–H and O–H groups in total. The molecule has 0 radical (unpaired) electrons. The van der Waals surface area contributed by atoms with Crippen molar-refractivity contribution < 1.29 is 14.3 Å². The summed E-state index contributed by atoms with van der Waals surface area (Å²) in [5.74, 6) is 0. The van der Waals surface area contributed by atoms with Crippen molar-refractivity contribution in [2.75, 3.05) is 26.2 Å². The second kappa shape index (κ2) is 6.12. The molecule has 1 aliphatic heterocycles. The Hall–Kier alpha value is -1.46. The maximum Gasteiger partial charge on any atom is 0.410 e. The minimum absolute atomic E-state index is 0.00665. The molecular formula is C13H25N3O3. The number of hydrogen-bond donors (Lipinski definition) is 1. The summed E-state index contributed by atoms with van der Waals surface area (Å²) >= 11 is 0. The van der Waals surface area contributed by atoms with Crippen molar-refractivity contribution in [2.24, 2.45) is 0 Å². The molecule has 0 spiro atoms. The Morgan fingerprint density at radius 2 is 1.95 bits per heavy atom. The molecule has 0 aromatic carbocycles. The smallest absolute Gasteiger partial charge is 0.410 e. The average molecular weight is 271 g/mol. The number of amides is 3. The quantitative estimate of drug-likeness (QED) is 0.789. The Kier molecular flexibility index (Phi) is 5.03. The van der Waals surface area contributed by atoms with E-state index in [-0.39, 0.29) is 18.2 Å². The van der Waals surface area contributed by atoms with Crippen LogP contribution in [-0.4, -0.2) is 59.7 Å². The molecule has 1 aliphatic rings. The number of rotatable bonds is 1. The molecule has 0 saturated carbocycles. The fourth-order valence-electron chi connectivity index (χ4n) is 2.00. The van der Waals surface area contributed by atoms with Gasteiger partial charge in [-0.05, 0) is 34.6 Å². The van der Waals surface area contributed by atoms with Gasteiger partial charge in [-0.1, -0.05) is 0 Å². The minimum Gasteiger partial charge on any atom is -0.444 e. The van der Waals surface area contributed by atoms with Gasteiger partial charge in [0.1, 0.15) is 5.60 Å². The molecule has 1 atom stereocenters. The number of urea groups is 1. The van der Waals surface area contributed by atoms with Gasteiger partial charge in [-0.15, -0.1) is 0 Å². The Balaban J connectivity index is 2.54. The minimum atomic E-state index is -0.489. The highest BCUT2D eigenvalue weighted by molar-refractivity contribution is 5.75. The van der Waals surface area contributed by atoms with Gasteiger partial charge >= 0.3 is 12.1 Å². The van der Waals surface area contributed by atoms with E-state index in [0.29, 0.717) is 26.2 Å². The van der Waals surface area contributed by atoms with E-state index in [0.717, 1.165) is 0 Å². The lowest BCUT2D eigenvalue weighted by Gasteiger charge is -2.40. The van der Waals surface area contributed by atoms with E-state index in [1.54, 1.807) is 9.80 Å². The predicted octanol–water partition coefficient (Wildman–Crippen LogP) is 1.66. The van der Waals surface area contributed by atoms with Crippen LogP contribution in [0.3, 0.4) is 0 Å². The second-order valence-corrected chi connectivity index (χ2v) is 5.80. The van der Waals surface area contributed by atoms with Crippen LogP contribution in [0, 0.1) is 0 Å². The highest BCUT2D eigenvalue weighted by Gasteiger charge is 2.31. The lowest BCUT2D eigenvalue weighted by Crippen LogP contribution is -2.58. The number of nitrogens with zero attached hydrogens (tertiary/aromatic N) is 2. The summed E-state index contributed by atoms with van der Waals surface area (Å²) in [6, 6.07) is -0.0772. The van der Waals surface area contributed by atoms with Crippen molar-refractivity contribution in [1.82, 2.24) is 15.1 Å². The van der Waals surface area contributed by atoms with Crippen LogP contribution in [0.15, 0.2) is 0 Å². The number of ether oxygens (including phenoxy) is 1. The van der Waals surface area contributed by atoms with Crippen LogP contribution in [0.2, 0.25) is 0 Å². The van der Waals surface area contributed by atoms with Crippen molar-refractivity contribution in [3.8, 4) is 0 Å². The van der Waals surface area contributed by atoms with E-state index in [9.17, 15) is 9.59 Å². The van der Waals surface area contributed by atoms with Crippen molar-refractivity contribution >= 4 is 12.1 Å². The third-order valence-electron chi connectivity index (χ3n) is 2.87. The second-order valence-electron chi connectivity index (χ2n) is 5.80. The molecule has 0 aliphatic carbocycles. The van der Waals surface area contributed by atoms with E-state index in [1.165, 1.54) is 0 Å². The van der Waals surface area contributed by atoms with E-state index in [4.69, 9.17) is 4.74 Å². The summed E-state index contributed by atoms with van der Waals surface area (Å²) in [6.45, 7) is 11.5. The van der Waals surface area contributed by atoms with Crippen LogP contribution in [0.1, 0.15) is 34.6 Å². The third-order valence-corrected chi connectivity index (χ3v) is 2.87. The van der Waals surface area contributed by atoms with Crippen molar-refractivity contribution in [2.45, 2.75) is 46.3 Å². The molecule has 19 heavy (non-hydrogen) atoms. The van der Waals surface area contributed by atoms with Gasteiger partial charge in [-0.25, -0.2) is 9.59 Å². The maximum atomic E-state index is 11.9. The summed E-state index contributed by atoms with van der Waals surface area (Å²) in [4.78, 5) is 27.2. The largest absolute Gasteiger partial charge is 0.444 e. The van der Waals surface area contributed by atoms with Gasteiger partial charge in [0.2, 0.25) is 0 Å². The van der Waals surface area contributed by atoms with Crippen LogP contribution in [0.5, 0.6) is 0 Å². The number of nitrogens with one attached hydrogen (secondary N) is 1. The van der Waals surface area contributed by atoms with Gasteiger partial charge in [-0.3, -0.25) is 0 Å². The molecule has 0 bridgehead atoms. The zero-order valence-electron chi connectivity index (χ0n) is 12.5. The van der Waals surface area contributed by atoms with Gasteiger partial charge < -0.3 is 19.9 Å². The van der Waals surface area contributed by atoms with Crippen LogP contribution >= 0.6 is 0 Å². The van der Waals surface area contributed by atoms with E-state index in [2.05, 4.69) is 5.32 Å². The Morgan fingerprint density at radius 3 is 2.42 bits per heavy atom. The zero-order chi connectivity index (χ0) is 14.6. The molecule has 0 unspecified atom stereocenters. The molecule has 1 saturated heterocycles. The molecule has 6 heteroatoms. The Labute approximate surface area is 115 Å². The topological polar surface area (TPSA) is 61.9 Å². The summed E-state index contributed by atoms with van der Waals surface area (Å²) in [5.41, 5.74) is -0.489. The van der Waals surface area contributed by atoms with Crippen LogP contribution < -0.4 is 5.32 Å². The standard InChI is InChI=1S/C13H25N3O3/c1-6-14-11(17)16-8-7-15(9-10(16)2)12(18)19-13(3,4)5/h10H,6-9H2,1-5H3,(H,14,17)/t10-/m1/s1. The summed E-state index contributed by atoms with van der Waals surface area (Å²) in [7, 11) is 0. The predicted molar refractivity (Wildman–Crippen MR) is 73.0 cm³/mol. The van der Waals surface area contributed by atoms with Crippen LogP contribution in [-0.2, 0) is 4.74 Å². The highest BCUT2D eigenvalue weighted by atomic mass is 16.6. The SMILES string of the molecule is CCNC(=O)N1CCN(C(=O)OC(C)(C)C)C[C@H]1C. The number of hydrogen-bond acceptors (Lipinski definition) is 3. The fourth-order valence-corrected chi connectivity index (χ4v) is 2.00. The summed E-state index contributed by atoms with van der Waals surface area (Å²) in [6.07, 6.45) is -0.310. The van der Waals surface area contributed by atoms with Gasteiger partial charge in [-0.2, -0.15) is 0 Å². The number of piperazine rings is 1. The molecule has 1 fully saturated rings. The maximum absolute atomic E-state index is 11.9. The number of carbonyl (C=O) groups excluding carboxylic acids is 2. The van der Waals surface area contributed by atoms with Gasteiger partial charge in [0.25, 0.3) is 0 Å². The van der Waals surface area contributed by atoms with E-state index < -0.39 is 5.60 Å². The molecule has 110 valence electrons. The highest BCUT2D eigenvalue weighted by Crippen LogP contribution is 2.14. The Bertz CT molecular complexity index is 339. The molecule has 3 amide bonds. The summed E-state index contributed by atoms with van der Waals surface area (Å²) in [5, 5.41) is 2.78. The van der Waals surface area contributed by atoms with Crippen LogP contribution in [0.25, 0.3) is 0 Å². The first-order chi connectivity index (χ1) is 8.74. The molecular weight excluding hydrogens is 246 g/mol. The van der Waals surface area contributed by atoms with Crippen molar-refractivity contribution in [1.29, 1.82) is 0 Å². The lowest BCUT2D eigenvalue weighted by molar-refractivity contribution is 0.0105. The number of carbonyl (C=O) groups is 2. The molecule has 6 nitrogen and oxygen atoms in total. The van der Waals surface area contributed by atoms with Crippen molar-refractivity contribution in [3.63, 3.8) is 0 Å². The van der Waals surface area contributed by atoms with E-state index in [1.807, 2.05) is 34.6 Å². The third kappa shape index (κ3) is 4.61. The molecule has 0 aromatic rings. The van der Waals surface area contributed by atoms with Gasteiger partial charge in [0.05, 0.1) is 0 Å². The lowest BCUT2D eigenvalue weighted by atomic mass is 10.2. The van der Waals surface area contributed by atoms with Crippen LogP contribution in [0.4, 0.5) is 9.59 Å². The summed E-state index contributed by atoms with van der Waals surface area (Å²) < 4.78 is 5.34. The molecule has 1 rings (SSSR count). The normalized spacial score (nSPS) is 20.2. The van der Waals surface area contributed by atoms with Gasteiger partial charge in [0.15, 0.2) is 0 Å². The first kappa shape index (κ1) is 15.6. The van der Waals surface area contributed by atoms with E-state index >= 15 is 0 Å². The first-order valence-electron chi connectivity index (χ1n) is 6.77.